The minimum absolute atomic E-state index is 0.0307. The second-order valence-corrected chi connectivity index (χ2v) is 6.76. The maximum atomic E-state index is 12.8. The number of piperazine rings is 1. The van der Waals surface area contributed by atoms with E-state index < -0.39 is 11.6 Å². The van der Waals surface area contributed by atoms with Crippen molar-refractivity contribution in [2.75, 3.05) is 13.2 Å². The molecule has 2 aliphatic heterocycles. The Morgan fingerprint density at radius 2 is 2.10 bits per heavy atom. The highest BCUT2D eigenvalue weighted by Gasteiger charge is 2.49. The van der Waals surface area contributed by atoms with Crippen molar-refractivity contribution in [1.82, 2.24) is 10.2 Å². The summed E-state index contributed by atoms with van der Waals surface area (Å²) in [5.41, 5.74) is -0.761. The first kappa shape index (κ1) is 16.3. The van der Waals surface area contributed by atoms with Crippen LogP contribution in [0.5, 0.6) is 0 Å². The van der Waals surface area contributed by atoms with Crippen molar-refractivity contribution in [2.45, 2.75) is 71.1 Å². The predicted molar refractivity (Wildman–Crippen MR) is 80.8 cm³/mol. The van der Waals surface area contributed by atoms with Crippen LogP contribution in [0.15, 0.2) is 0 Å². The molecule has 120 valence electrons. The Kier molecular flexibility index (Phi) is 4.91. The van der Waals surface area contributed by atoms with Crippen molar-refractivity contribution in [3.8, 4) is 0 Å². The third-order valence-corrected chi connectivity index (χ3v) is 4.92. The number of hydrogen-bond donors (Lipinski definition) is 1. The first-order valence-corrected chi connectivity index (χ1v) is 8.14. The first-order chi connectivity index (χ1) is 9.90. The highest BCUT2D eigenvalue weighted by Crippen LogP contribution is 2.28. The average molecular weight is 296 g/mol. The molecule has 0 aliphatic carbocycles. The molecule has 1 N–H and O–H groups in total. The molecule has 2 rings (SSSR count). The molecule has 5 nitrogen and oxygen atoms in total. The molecule has 3 unspecified atom stereocenters. The van der Waals surface area contributed by atoms with Crippen LogP contribution in [0.2, 0.25) is 0 Å². The maximum Gasteiger partial charge on any atom is 0.246 e. The second kappa shape index (κ2) is 6.34. The summed E-state index contributed by atoms with van der Waals surface area (Å²) in [6, 6.07) is -0.416. The minimum Gasteiger partial charge on any atom is -0.376 e. The Morgan fingerprint density at radius 3 is 2.62 bits per heavy atom. The van der Waals surface area contributed by atoms with E-state index in [-0.39, 0.29) is 23.8 Å². The van der Waals surface area contributed by atoms with Crippen molar-refractivity contribution < 1.29 is 14.3 Å². The topological polar surface area (TPSA) is 58.6 Å². The molecule has 3 atom stereocenters. The number of carbonyl (C=O) groups excluding carboxylic acids is 2. The highest BCUT2D eigenvalue weighted by molar-refractivity contribution is 5.99. The van der Waals surface area contributed by atoms with Crippen molar-refractivity contribution in [3.05, 3.63) is 0 Å². The molecule has 21 heavy (non-hydrogen) atoms. The van der Waals surface area contributed by atoms with Crippen LogP contribution < -0.4 is 5.32 Å². The van der Waals surface area contributed by atoms with Crippen LogP contribution in [0.3, 0.4) is 0 Å². The van der Waals surface area contributed by atoms with Gasteiger partial charge in [0.25, 0.3) is 0 Å². The summed E-state index contributed by atoms with van der Waals surface area (Å²) in [7, 11) is 0. The number of rotatable bonds is 4. The Labute approximate surface area is 127 Å². The van der Waals surface area contributed by atoms with Gasteiger partial charge in [-0.25, -0.2) is 0 Å². The number of nitrogens with zero attached hydrogens (tertiary/aromatic N) is 1. The summed E-state index contributed by atoms with van der Waals surface area (Å²) in [6.07, 6.45) is 3.87. The third-order valence-electron chi connectivity index (χ3n) is 4.92. The van der Waals surface area contributed by atoms with Crippen LogP contribution in [0, 0.1) is 5.92 Å². The Hall–Kier alpha value is -1.10. The van der Waals surface area contributed by atoms with Gasteiger partial charge in [0.2, 0.25) is 11.8 Å². The van der Waals surface area contributed by atoms with Crippen LogP contribution in [-0.2, 0) is 14.3 Å². The van der Waals surface area contributed by atoms with Crippen LogP contribution in [-0.4, -0.2) is 47.6 Å². The second-order valence-electron chi connectivity index (χ2n) is 6.76. The Morgan fingerprint density at radius 1 is 1.38 bits per heavy atom. The van der Waals surface area contributed by atoms with Gasteiger partial charge in [-0.3, -0.25) is 9.59 Å². The van der Waals surface area contributed by atoms with E-state index >= 15 is 0 Å². The molecule has 2 saturated heterocycles. The van der Waals surface area contributed by atoms with Gasteiger partial charge in [0.05, 0.1) is 6.10 Å². The molecule has 2 aliphatic rings. The molecule has 5 heteroatoms. The molecule has 0 aromatic rings. The van der Waals surface area contributed by atoms with E-state index in [4.69, 9.17) is 4.74 Å². The average Bonchev–Trinajstić information content (AvgIpc) is 2.48. The summed E-state index contributed by atoms with van der Waals surface area (Å²) in [4.78, 5) is 27.1. The number of ether oxygens (including phenoxy) is 1. The van der Waals surface area contributed by atoms with Gasteiger partial charge in [-0.15, -0.1) is 0 Å². The lowest BCUT2D eigenvalue weighted by molar-refractivity contribution is -0.161. The SMILES string of the molecule is CCC1(C)C(=O)NC(C(C)C)C(=O)N1CC1CCCCO1. The van der Waals surface area contributed by atoms with Gasteiger partial charge < -0.3 is 15.0 Å². The van der Waals surface area contributed by atoms with Crippen LogP contribution in [0.4, 0.5) is 0 Å². The van der Waals surface area contributed by atoms with Gasteiger partial charge in [0.15, 0.2) is 0 Å². The van der Waals surface area contributed by atoms with Crippen molar-refractivity contribution in [3.63, 3.8) is 0 Å². The normalized spacial score (nSPS) is 34.2. The fraction of sp³-hybridized carbons (Fsp3) is 0.875. The van der Waals surface area contributed by atoms with Gasteiger partial charge in [0, 0.05) is 13.2 Å². The molecule has 0 spiro atoms. The van der Waals surface area contributed by atoms with E-state index in [1.54, 1.807) is 4.90 Å². The van der Waals surface area contributed by atoms with E-state index in [1.807, 2.05) is 27.7 Å². The van der Waals surface area contributed by atoms with Crippen molar-refractivity contribution in [2.24, 2.45) is 5.92 Å². The van der Waals surface area contributed by atoms with Gasteiger partial charge in [-0.05, 0) is 38.5 Å². The lowest BCUT2D eigenvalue weighted by Gasteiger charge is -2.48. The van der Waals surface area contributed by atoms with E-state index in [0.717, 1.165) is 25.9 Å². The fourth-order valence-electron chi connectivity index (χ4n) is 3.14. The number of carbonyl (C=O) groups is 2. The lowest BCUT2D eigenvalue weighted by Crippen LogP contribution is -2.71. The first-order valence-electron chi connectivity index (χ1n) is 8.14. The molecule has 0 aromatic heterocycles. The largest absolute Gasteiger partial charge is 0.376 e. The predicted octanol–water partition coefficient (Wildman–Crippen LogP) is 1.71. The molecule has 0 aromatic carbocycles. The van der Waals surface area contributed by atoms with Crippen LogP contribution in [0.1, 0.15) is 53.4 Å². The molecule has 2 fully saturated rings. The zero-order chi connectivity index (χ0) is 15.6. The van der Waals surface area contributed by atoms with E-state index in [9.17, 15) is 9.59 Å². The van der Waals surface area contributed by atoms with Crippen LogP contribution in [0.25, 0.3) is 0 Å². The van der Waals surface area contributed by atoms with Gasteiger partial charge in [-0.1, -0.05) is 20.8 Å². The van der Waals surface area contributed by atoms with Gasteiger partial charge in [0.1, 0.15) is 11.6 Å². The maximum absolute atomic E-state index is 12.8. The van der Waals surface area contributed by atoms with Crippen LogP contribution >= 0.6 is 0 Å². The van der Waals surface area contributed by atoms with Gasteiger partial charge in [-0.2, -0.15) is 0 Å². The Bertz CT molecular complexity index is 404. The molecule has 2 amide bonds. The molecule has 2 heterocycles. The van der Waals surface area contributed by atoms with Crippen molar-refractivity contribution in [1.29, 1.82) is 0 Å². The standard InChI is InChI=1S/C16H28N2O3/c1-5-16(4)15(20)17-13(11(2)3)14(19)18(16)10-12-8-6-7-9-21-12/h11-13H,5-10H2,1-4H3,(H,17,20). The van der Waals surface area contributed by atoms with Crippen molar-refractivity contribution >= 4 is 11.8 Å². The smallest absolute Gasteiger partial charge is 0.246 e. The van der Waals surface area contributed by atoms with E-state index in [1.165, 1.54) is 0 Å². The summed E-state index contributed by atoms with van der Waals surface area (Å²) in [6.45, 7) is 9.03. The summed E-state index contributed by atoms with van der Waals surface area (Å²) < 4.78 is 5.77. The molecular formula is C16H28N2O3. The fourth-order valence-corrected chi connectivity index (χ4v) is 3.14. The Balaban J connectivity index is 2.21. The van der Waals surface area contributed by atoms with E-state index in [2.05, 4.69) is 5.32 Å². The lowest BCUT2D eigenvalue weighted by atomic mass is 9.87. The van der Waals surface area contributed by atoms with Gasteiger partial charge >= 0.3 is 0 Å². The summed E-state index contributed by atoms with van der Waals surface area (Å²) in [5, 5.41) is 2.90. The van der Waals surface area contributed by atoms with E-state index in [0.29, 0.717) is 13.0 Å². The quantitative estimate of drug-likeness (QED) is 0.859. The molecule has 0 bridgehead atoms. The third kappa shape index (κ3) is 3.07. The zero-order valence-electron chi connectivity index (χ0n) is 13.6. The monoisotopic (exact) mass is 296 g/mol. The molecule has 0 saturated carbocycles. The number of nitrogens with one attached hydrogen (secondary N) is 1. The minimum atomic E-state index is -0.761. The summed E-state index contributed by atoms with van der Waals surface area (Å²) >= 11 is 0. The summed E-state index contributed by atoms with van der Waals surface area (Å²) in [5.74, 6) is 0.0832. The number of amides is 2. The number of hydrogen-bond acceptors (Lipinski definition) is 3. The highest BCUT2D eigenvalue weighted by atomic mass is 16.5. The molecular weight excluding hydrogens is 268 g/mol. The zero-order valence-corrected chi connectivity index (χ0v) is 13.6. The molecule has 0 radical (unpaired) electrons.